The van der Waals surface area contributed by atoms with E-state index in [1.165, 1.54) is 0 Å². The second-order valence-electron chi connectivity index (χ2n) is 5.25. The highest BCUT2D eigenvalue weighted by atomic mass is 16.5. The quantitative estimate of drug-likeness (QED) is 0.875. The Hall–Kier alpha value is -1.20. The minimum absolute atomic E-state index is 0.419. The first-order valence-electron chi connectivity index (χ1n) is 7.11. The molecule has 5 heteroatoms. The van der Waals surface area contributed by atoms with Gasteiger partial charge in [-0.3, -0.25) is 0 Å². The van der Waals surface area contributed by atoms with Crippen molar-refractivity contribution in [3.8, 4) is 0 Å². The molecule has 0 radical (unpaired) electrons. The highest BCUT2D eigenvalue weighted by Crippen LogP contribution is 2.18. The lowest BCUT2D eigenvalue weighted by atomic mass is 10.2. The molecule has 0 aliphatic carbocycles. The third-order valence-corrected chi connectivity index (χ3v) is 3.39. The Morgan fingerprint density at radius 1 is 1.42 bits per heavy atom. The molecular formula is C14H24N4O. The van der Waals surface area contributed by atoms with E-state index in [1.807, 2.05) is 0 Å². The molecule has 0 amide bonds. The molecule has 5 nitrogen and oxygen atoms in total. The summed E-state index contributed by atoms with van der Waals surface area (Å²) >= 11 is 0. The monoisotopic (exact) mass is 264 g/mol. The fourth-order valence-corrected chi connectivity index (χ4v) is 2.20. The van der Waals surface area contributed by atoms with Crippen LogP contribution in [0.5, 0.6) is 0 Å². The molecule has 1 aliphatic rings. The molecule has 2 rings (SSSR count). The average molecular weight is 264 g/mol. The fourth-order valence-electron chi connectivity index (χ4n) is 2.20. The first kappa shape index (κ1) is 14.2. The first-order chi connectivity index (χ1) is 9.20. The Morgan fingerprint density at radius 3 is 2.89 bits per heavy atom. The molecule has 1 saturated heterocycles. The zero-order valence-electron chi connectivity index (χ0n) is 12.1. The van der Waals surface area contributed by atoms with E-state index in [9.17, 15) is 0 Å². The molecule has 1 atom stereocenters. The van der Waals surface area contributed by atoms with E-state index in [0.29, 0.717) is 12.1 Å². The zero-order chi connectivity index (χ0) is 13.7. The Labute approximate surface area is 115 Å². The standard InChI is InChI=1S/C14H24N4O/c1-4-13-10-19-8-7-18(13)14-6-5-12(16-17-14)9-15-11(2)3/h5-6,11,13,15H,4,7-10H2,1-3H3. The van der Waals surface area contributed by atoms with Crippen LogP contribution in [0.2, 0.25) is 0 Å². The van der Waals surface area contributed by atoms with E-state index in [4.69, 9.17) is 4.74 Å². The molecule has 1 aromatic rings. The number of hydrogen-bond acceptors (Lipinski definition) is 5. The van der Waals surface area contributed by atoms with E-state index in [1.54, 1.807) is 0 Å². The van der Waals surface area contributed by atoms with Gasteiger partial charge in [-0.1, -0.05) is 20.8 Å². The molecule has 1 aliphatic heterocycles. The van der Waals surface area contributed by atoms with Crippen LogP contribution in [0.15, 0.2) is 12.1 Å². The van der Waals surface area contributed by atoms with Crippen LogP contribution >= 0.6 is 0 Å². The Morgan fingerprint density at radius 2 is 2.26 bits per heavy atom. The minimum atomic E-state index is 0.419. The topological polar surface area (TPSA) is 50.3 Å². The summed E-state index contributed by atoms with van der Waals surface area (Å²) in [5.74, 6) is 0.962. The number of aromatic nitrogens is 2. The lowest BCUT2D eigenvalue weighted by Gasteiger charge is -2.35. The molecule has 2 heterocycles. The predicted molar refractivity (Wildman–Crippen MR) is 76.3 cm³/mol. The molecule has 1 N–H and O–H groups in total. The zero-order valence-corrected chi connectivity index (χ0v) is 12.1. The van der Waals surface area contributed by atoms with Gasteiger partial charge in [-0.2, -0.15) is 5.10 Å². The van der Waals surface area contributed by atoms with Gasteiger partial charge in [0.15, 0.2) is 5.82 Å². The van der Waals surface area contributed by atoms with Crippen LogP contribution in [0.25, 0.3) is 0 Å². The minimum Gasteiger partial charge on any atom is -0.377 e. The van der Waals surface area contributed by atoms with E-state index in [-0.39, 0.29) is 0 Å². The summed E-state index contributed by atoms with van der Waals surface area (Å²) in [7, 11) is 0. The highest BCUT2D eigenvalue weighted by molar-refractivity contribution is 5.39. The molecule has 0 saturated carbocycles. The van der Waals surface area contributed by atoms with Crippen LogP contribution in [0, 0.1) is 0 Å². The van der Waals surface area contributed by atoms with E-state index >= 15 is 0 Å². The number of anilines is 1. The normalized spacial score (nSPS) is 20.0. The summed E-state index contributed by atoms with van der Waals surface area (Å²) in [4.78, 5) is 2.30. The molecule has 1 fully saturated rings. The third kappa shape index (κ3) is 3.88. The van der Waals surface area contributed by atoms with Crippen molar-refractivity contribution in [1.29, 1.82) is 0 Å². The van der Waals surface area contributed by atoms with Crippen LogP contribution < -0.4 is 10.2 Å². The Balaban J connectivity index is 2.00. The van der Waals surface area contributed by atoms with E-state index in [2.05, 4.69) is 53.3 Å². The number of nitrogens with one attached hydrogen (secondary N) is 1. The summed E-state index contributed by atoms with van der Waals surface area (Å²) in [6.45, 7) is 9.66. The van der Waals surface area contributed by atoms with Gasteiger partial charge in [0, 0.05) is 19.1 Å². The number of morpholine rings is 1. The van der Waals surface area contributed by atoms with Crippen molar-refractivity contribution >= 4 is 5.82 Å². The number of hydrogen-bond donors (Lipinski definition) is 1. The molecule has 1 unspecified atom stereocenters. The van der Waals surface area contributed by atoms with Crippen molar-refractivity contribution in [2.24, 2.45) is 0 Å². The molecule has 0 spiro atoms. The van der Waals surface area contributed by atoms with Crippen LogP contribution in [0.3, 0.4) is 0 Å². The maximum atomic E-state index is 5.51. The van der Waals surface area contributed by atoms with Crippen LogP contribution in [0.4, 0.5) is 5.82 Å². The maximum absolute atomic E-state index is 5.51. The van der Waals surface area contributed by atoms with Crippen LogP contribution in [0.1, 0.15) is 32.9 Å². The van der Waals surface area contributed by atoms with Crippen molar-refractivity contribution in [3.05, 3.63) is 17.8 Å². The fraction of sp³-hybridized carbons (Fsp3) is 0.714. The van der Waals surface area contributed by atoms with Gasteiger partial charge in [0.05, 0.1) is 24.9 Å². The number of ether oxygens (including phenoxy) is 1. The van der Waals surface area contributed by atoms with Gasteiger partial charge in [0.25, 0.3) is 0 Å². The summed E-state index contributed by atoms with van der Waals surface area (Å²) < 4.78 is 5.51. The SMILES string of the molecule is CCC1COCCN1c1ccc(CNC(C)C)nn1. The van der Waals surface area contributed by atoms with Crippen molar-refractivity contribution in [2.75, 3.05) is 24.7 Å². The second-order valence-corrected chi connectivity index (χ2v) is 5.25. The smallest absolute Gasteiger partial charge is 0.151 e. The van der Waals surface area contributed by atoms with Gasteiger partial charge < -0.3 is 15.0 Å². The third-order valence-electron chi connectivity index (χ3n) is 3.39. The summed E-state index contributed by atoms with van der Waals surface area (Å²) in [5, 5.41) is 12.0. The first-order valence-corrected chi connectivity index (χ1v) is 7.11. The van der Waals surface area contributed by atoms with Crippen LogP contribution in [-0.4, -0.2) is 42.0 Å². The molecule has 19 heavy (non-hydrogen) atoms. The second kappa shape index (κ2) is 6.82. The van der Waals surface area contributed by atoms with Crippen molar-refractivity contribution in [3.63, 3.8) is 0 Å². The largest absolute Gasteiger partial charge is 0.377 e. The van der Waals surface area contributed by atoms with Crippen molar-refractivity contribution < 1.29 is 4.74 Å². The summed E-state index contributed by atoms with van der Waals surface area (Å²) in [5.41, 5.74) is 0.985. The maximum Gasteiger partial charge on any atom is 0.151 e. The van der Waals surface area contributed by atoms with Crippen molar-refractivity contribution in [2.45, 2.75) is 45.8 Å². The number of nitrogens with zero attached hydrogens (tertiary/aromatic N) is 3. The molecule has 0 aromatic carbocycles. The van der Waals surface area contributed by atoms with E-state index in [0.717, 1.165) is 44.2 Å². The van der Waals surface area contributed by atoms with Crippen molar-refractivity contribution in [1.82, 2.24) is 15.5 Å². The lowest BCUT2D eigenvalue weighted by Crippen LogP contribution is -2.45. The van der Waals surface area contributed by atoms with Gasteiger partial charge in [-0.15, -0.1) is 5.10 Å². The van der Waals surface area contributed by atoms with Gasteiger partial charge in [-0.05, 0) is 18.6 Å². The van der Waals surface area contributed by atoms with Crippen LogP contribution in [-0.2, 0) is 11.3 Å². The highest BCUT2D eigenvalue weighted by Gasteiger charge is 2.22. The predicted octanol–water partition coefficient (Wildman–Crippen LogP) is 1.59. The van der Waals surface area contributed by atoms with Gasteiger partial charge in [0.1, 0.15) is 0 Å². The van der Waals surface area contributed by atoms with E-state index < -0.39 is 0 Å². The number of rotatable bonds is 5. The van der Waals surface area contributed by atoms with Gasteiger partial charge in [0.2, 0.25) is 0 Å². The molecular weight excluding hydrogens is 240 g/mol. The summed E-state index contributed by atoms with van der Waals surface area (Å²) in [6, 6.07) is 5.01. The van der Waals surface area contributed by atoms with Gasteiger partial charge in [-0.25, -0.2) is 0 Å². The lowest BCUT2D eigenvalue weighted by molar-refractivity contribution is 0.0924. The Kier molecular flexibility index (Phi) is 5.10. The summed E-state index contributed by atoms with van der Waals surface area (Å²) in [6.07, 6.45) is 1.07. The molecule has 0 bridgehead atoms. The molecule has 106 valence electrons. The van der Waals surface area contributed by atoms with Gasteiger partial charge >= 0.3 is 0 Å². The molecule has 1 aromatic heterocycles. The average Bonchev–Trinajstić information content (AvgIpc) is 2.45. The Bertz CT molecular complexity index is 380.